The lowest BCUT2D eigenvalue weighted by atomic mass is 10.2. The summed E-state index contributed by atoms with van der Waals surface area (Å²) in [7, 11) is 0. The van der Waals surface area contributed by atoms with Gasteiger partial charge in [0.2, 0.25) is 5.91 Å². The minimum absolute atomic E-state index is 0.0630. The molecule has 1 amide bonds. The highest BCUT2D eigenvalue weighted by Crippen LogP contribution is 1.88. The van der Waals surface area contributed by atoms with Gasteiger partial charge in [0.25, 0.3) is 0 Å². The van der Waals surface area contributed by atoms with Crippen LogP contribution in [0.3, 0.4) is 0 Å². The first-order chi connectivity index (χ1) is 8.20. The molecule has 0 aliphatic carbocycles. The van der Waals surface area contributed by atoms with Crippen molar-refractivity contribution in [2.24, 2.45) is 0 Å². The summed E-state index contributed by atoms with van der Waals surface area (Å²) in [5.41, 5.74) is 0. The van der Waals surface area contributed by atoms with E-state index in [-0.39, 0.29) is 11.9 Å². The largest absolute Gasteiger partial charge is 0.350 e. The molecule has 0 aromatic rings. The number of allylic oxidation sites excluding steroid dienone is 3. The highest BCUT2D eigenvalue weighted by molar-refractivity contribution is 5.87. The van der Waals surface area contributed by atoms with Gasteiger partial charge in [0.15, 0.2) is 0 Å². The summed E-state index contributed by atoms with van der Waals surface area (Å²) in [5.74, 6) is 10.9. The van der Waals surface area contributed by atoms with Crippen molar-refractivity contribution in [3.8, 4) is 23.7 Å². The van der Waals surface area contributed by atoms with E-state index in [1.165, 1.54) is 6.08 Å². The third-order valence-corrected chi connectivity index (χ3v) is 1.99. The first kappa shape index (κ1) is 15.1. The molecule has 2 nitrogen and oxygen atoms in total. The van der Waals surface area contributed by atoms with Crippen LogP contribution in [-0.4, -0.2) is 11.9 Å². The van der Waals surface area contributed by atoms with Crippen molar-refractivity contribution >= 4 is 5.91 Å². The third kappa shape index (κ3) is 10.4. The van der Waals surface area contributed by atoms with Crippen molar-refractivity contribution in [2.75, 3.05) is 0 Å². The Hall–Kier alpha value is -1.93. The van der Waals surface area contributed by atoms with Gasteiger partial charge in [-0.25, -0.2) is 0 Å². The van der Waals surface area contributed by atoms with Crippen molar-refractivity contribution in [3.05, 3.63) is 24.3 Å². The van der Waals surface area contributed by atoms with Crippen LogP contribution in [-0.2, 0) is 4.79 Å². The van der Waals surface area contributed by atoms with Crippen LogP contribution in [0, 0.1) is 23.7 Å². The fourth-order valence-corrected chi connectivity index (χ4v) is 0.899. The maximum Gasteiger partial charge on any atom is 0.244 e. The van der Waals surface area contributed by atoms with Crippen LogP contribution < -0.4 is 5.32 Å². The average molecular weight is 229 g/mol. The molecule has 0 unspecified atom stereocenters. The zero-order valence-electron chi connectivity index (χ0n) is 10.7. The zero-order valence-corrected chi connectivity index (χ0v) is 10.7. The van der Waals surface area contributed by atoms with E-state index in [2.05, 4.69) is 29.0 Å². The molecule has 0 spiro atoms. The Labute approximate surface area is 104 Å². The summed E-state index contributed by atoms with van der Waals surface area (Å²) < 4.78 is 0. The Balaban J connectivity index is 3.86. The first-order valence-corrected chi connectivity index (χ1v) is 5.74. The lowest BCUT2D eigenvalue weighted by Gasteiger charge is -2.07. The van der Waals surface area contributed by atoms with E-state index in [0.717, 1.165) is 6.42 Å². The predicted octanol–water partition coefficient (Wildman–Crippen LogP) is 2.43. The van der Waals surface area contributed by atoms with Crippen molar-refractivity contribution in [3.63, 3.8) is 0 Å². The normalized spacial score (nSPS) is 11.5. The average Bonchev–Trinajstić information content (AvgIpc) is 2.32. The first-order valence-electron chi connectivity index (χ1n) is 5.74. The minimum Gasteiger partial charge on any atom is -0.350 e. The van der Waals surface area contributed by atoms with Crippen molar-refractivity contribution < 1.29 is 4.79 Å². The summed E-state index contributed by atoms with van der Waals surface area (Å²) >= 11 is 0. The maximum absolute atomic E-state index is 11.3. The topological polar surface area (TPSA) is 29.1 Å². The Morgan fingerprint density at radius 1 is 1.35 bits per heavy atom. The predicted molar refractivity (Wildman–Crippen MR) is 72.0 cm³/mol. The Kier molecular flexibility index (Phi) is 9.38. The van der Waals surface area contributed by atoms with Crippen LogP contribution in [0.5, 0.6) is 0 Å². The number of hydrogen-bond acceptors (Lipinski definition) is 1. The summed E-state index contributed by atoms with van der Waals surface area (Å²) in [5, 5.41) is 2.84. The lowest BCUT2D eigenvalue weighted by molar-refractivity contribution is -0.117. The number of rotatable bonds is 5. The van der Waals surface area contributed by atoms with Crippen LogP contribution in [0.1, 0.15) is 33.6 Å². The number of amides is 1. The Bertz CT molecular complexity index is 396. The summed E-state index contributed by atoms with van der Waals surface area (Å²) in [4.78, 5) is 11.3. The molecule has 1 atom stereocenters. The van der Waals surface area contributed by atoms with E-state index in [1.54, 1.807) is 13.0 Å². The van der Waals surface area contributed by atoms with Gasteiger partial charge in [-0.05, 0) is 32.1 Å². The van der Waals surface area contributed by atoms with Gasteiger partial charge in [0.05, 0.1) is 0 Å². The molecule has 90 valence electrons. The van der Waals surface area contributed by atoms with Gasteiger partial charge in [-0.1, -0.05) is 37.0 Å². The molecule has 0 aromatic carbocycles. The molecule has 0 heterocycles. The molecule has 0 fully saturated rings. The van der Waals surface area contributed by atoms with Crippen molar-refractivity contribution in [1.29, 1.82) is 0 Å². The second-order valence-corrected chi connectivity index (χ2v) is 3.49. The van der Waals surface area contributed by atoms with Crippen LogP contribution in [0.25, 0.3) is 0 Å². The van der Waals surface area contributed by atoms with Crippen molar-refractivity contribution in [1.82, 2.24) is 5.32 Å². The Morgan fingerprint density at radius 2 is 2.12 bits per heavy atom. The smallest absolute Gasteiger partial charge is 0.244 e. The molecule has 0 rings (SSSR count). The van der Waals surface area contributed by atoms with Crippen LogP contribution >= 0.6 is 0 Å². The van der Waals surface area contributed by atoms with Crippen molar-refractivity contribution in [2.45, 2.75) is 39.7 Å². The summed E-state index contributed by atoms with van der Waals surface area (Å²) in [6.07, 6.45) is 8.50. The van der Waals surface area contributed by atoms with E-state index >= 15 is 0 Å². The molecule has 0 bridgehead atoms. The lowest BCUT2D eigenvalue weighted by Crippen LogP contribution is -2.30. The molecular formula is C15H19NO. The fraction of sp³-hybridized carbons (Fsp3) is 0.400. The van der Waals surface area contributed by atoms with Gasteiger partial charge in [-0.15, -0.1) is 0 Å². The number of nitrogens with one attached hydrogen (secondary N) is 1. The second kappa shape index (κ2) is 10.6. The zero-order chi connectivity index (χ0) is 12.9. The van der Waals surface area contributed by atoms with E-state index < -0.39 is 0 Å². The molecule has 0 saturated carbocycles. The third-order valence-electron chi connectivity index (χ3n) is 1.99. The number of carbonyl (C=O) groups excluding carboxylic acids is 1. The van der Waals surface area contributed by atoms with E-state index in [9.17, 15) is 4.79 Å². The second-order valence-electron chi connectivity index (χ2n) is 3.49. The molecular weight excluding hydrogens is 210 g/mol. The number of hydrogen-bond donors (Lipinski definition) is 1. The molecule has 0 saturated heterocycles. The van der Waals surface area contributed by atoms with Crippen LogP contribution in [0.4, 0.5) is 0 Å². The number of carbonyl (C=O) groups is 1. The molecule has 0 aromatic heterocycles. The Morgan fingerprint density at radius 3 is 2.76 bits per heavy atom. The summed E-state index contributed by atoms with van der Waals surface area (Å²) in [6.45, 7) is 5.77. The molecule has 1 N–H and O–H groups in total. The highest BCUT2D eigenvalue weighted by Gasteiger charge is 1.99. The maximum atomic E-state index is 11.3. The monoisotopic (exact) mass is 229 g/mol. The fourth-order valence-electron chi connectivity index (χ4n) is 0.899. The molecule has 0 radical (unpaired) electrons. The van der Waals surface area contributed by atoms with Gasteiger partial charge in [0.1, 0.15) is 0 Å². The van der Waals surface area contributed by atoms with Gasteiger partial charge in [-0.2, -0.15) is 0 Å². The van der Waals surface area contributed by atoms with E-state index in [0.29, 0.717) is 6.42 Å². The molecule has 0 aliphatic heterocycles. The van der Waals surface area contributed by atoms with Crippen LogP contribution in [0.2, 0.25) is 0 Å². The van der Waals surface area contributed by atoms with E-state index in [4.69, 9.17) is 0 Å². The van der Waals surface area contributed by atoms with Crippen LogP contribution in [0.15, 0.2) is 24.3 Å². The summed E-state index contributed by atoms with van der Waals surface area (Å²) in [6, 6.07) is 0.217. The van der Waals surface area contributed by atoms with Gasteiger partial charge < -0.3 is 5.32 Å². The van der Waals surface area contributed by atoms with Gasteiger partial charge >= 0.3 is 0 Å². The van der Waals surface area contributed by atoms with E-state index in [1.807, 2.05) is 26.0 Å². The molecule has 2 heteroatoms. The van der Waals surface area contributed by atoms with Gasteiger partial charge in [0, 0.05) is 18.5 Å². The standard InChI is InChI=1S/C15H19NO/c1-4-6-7-8-9-10-11-12-13-15(17)16-14(3)5-2/h10-14H,5,9H2,1-3H3,(H,16,17)/b11-10+,13-12+/t14-/m1/s1. The highest BCUT2D eigenvalue weighted by atomic mass is 16.1. The SMILES string of the molecule is CC#CC#CC/C=C/C=C/C(=O)N[C@H](C)CC. The van der Waals surface area contributed by atoms with Gasteiger partial charge in [-0.3, -0.25) is 4.79 Å². The molecule has 17 heavy (non-hydrogen) atoms. The quantitative estimate of drug-likeness (QED) is 0.438. The minimum atomic E-state index is -0.0630. The molecule has 0 aliphatic rings.